The van der Waals surface area contributed by atoms with E-state index < -0.39 is 11.9 Å². The number of phenolic OH excluding ortho intramolecular Hbond substituents is 1. The molecule has 8 heteroatoms. The standard InChI is InChI=1S/C14H15BrN2O5/c1-22-14(21)9-7-17(4-5-18)13(20)12(9)16-10-3-2-8(15)6-11(10)19/h2-3,6,16,18-19H,4-5,7H2,1H3. The molecule has 3 N–H and O–H groups in total. The van der Waals surface area contributed by atoms with Gasteiger partial charge in [0.25, 0.3) is 5.91 Å². The zero-order valence-corrected chi connectivity index (χ0v) is 13.4. The molecule has 0 fully saturated rings. The summed E-state index contributed by atoms with van der Waals surface area (Å²) < 4.78 is 5.36. The molecule has 1 heterocycles. The summed E-state index contributed by atoms with van der Waals surface area (Å²) in [6, 6.07) is 4.72. The second kappa shape index (κ2) is 6.80. The molecule has 0 saturated carbocycles. The smallest absolute Gasteiger partial charge is 0.337 e. The number of benzene rings is 1. The summed E-state index contributed by atoms with van der Waals surface area (Å²) >= 11 is 3.22. The van der Waals surface area contributed by atoms with Crippen LogP contribution < -0.4 is 5.32 Å². The SMILES string of the molecule is COC(=O)C1=C(Nc2ccc(Br)cc2O)C(=O)N(CCO)C1. The number of rotatable bonds is 5. The van der Waals surface area contributed by atoms with Gasteiger partial charge in [0.05, 0.1) is 31.5 Å². The fourth-order valence-corrected chi connectivity index (χ4v) is 2.44. The van der Waals surface area contributed by atoms with Crippen LogP contribution in [0.2, 0.25) is 0 Å². The van der Waals surface area contributed by atoms with Crippen LogP contribution in [0.15, 0.2) is 33.9 Å². The third-order valence-corrected chi connectivity index (χ3v) is 3.67. The average molecular weight is 371 g/mol. The summed E-state index contributed by atoms with van der Waals surface area (Å²) in [5.41, 5.74) is 0.486. The normalized spacial score (nSPS) is 14.5. The Balaban J connectivity index is 2.34. The number of halogens is 1. The number of carbonyl (C=O) groups excluding carboxylic acids is 2. The molecule has 0 aromatic heterocycles. The van der Waals surface area contributed by atoms with Crippen molar-refractivity contribution < 1.29 is 24.5 Å². The van der Waals surface area contributed by atoms with Gasteiger partial charge in [-0.3, -0.25) is 4.79 Å². The molecule has 22 heavy (non-hydrogen) atoms. The van der Waals surface area contributed by atoms with Crippen molar-refractivity contribution in [3.63, 3.8) is 0 Å². The molecular weight excluding hydrogens is 356 g/mol. The fraction of sp³-hybridized carbons (Fsp3) is 0.286. The number of methoxy groups -OCH3 is 1. The lowest BCUT2D eigenvalue weighted by atomic mass is 10.2. The van der Waals surface area contributed by atoms with Gasteiger partial charge >= 0.3 is 5.97 Å². The number of esters is 1. The van der Waals surface area contributed by atoms with Crippen LogP contribution in [-0.2, 0) is 14.3 Å². The van der Waals surface area contributed by atoms with E-state index in [-0.39, 0.29) is 36.7 Å². The minimum absolute atomic E-state index is 0.0397. The van der Waals surface area contributed by atoms with Gasteiger partial charge in [-0.2, -0.15) is 0 Å². The van der Waals surface area contributed by atoms with Crippen LogP contribution in [0.4, 0.5) is 5.69 Å². The third kappa shape index (κ3) is 3.23. The van der Waals surface area contributed by atoms with Gasteiger partial charge < -0.3 is 25.2 Å². The maximum absolute atomic E-state index is 12.3. The Morgan fingerprint density at radius 3 is 2.82 bits per heavy atom. The number of hydrogen-bond acceptors (Lipinski definition) is 6. The molecule has 1 aliphatic rings. The van der Waals surface area contributed by atoms with Crippen LogP contribution in [-0.4, -0.2) is 53.8 Å². The van der Waals surface area contributed by atoms with E-state index in [4.69, 9.17) is 5.11 Å². The maximum Gasteiger partial charge on any atom is 0.337 e. The lowest BCUT2D eigenvalue weighted by Gasteiger charge is -2.15. The summed E-state index contributed by atoms with van der Waals surface area (Å²) in [6.45, 7) is -0.0560. The summed E-state index contributed by atoms with van der Waals surface area (Å²) in [6.07, 6.45) is 0. The first-order valence-electron chi connectivity index (χ1n) is 6.45. The van der Waals surface area contributed by atoms with Crippen LogP contribution in [0.5, 0.6) is 5.75 Å². The van der Waals surface area contributed by atoms with Crippen molar-refractivity contribution in [1.82, 2.24) is 4.90 Å². The highest BCUT2D eigenvalue weighted by Gasteiger charge is 2.34. The Morgan fingerprint density at radius 2 is 2.23 bits per heavy atom. The molecule has 0 spiro atoms. The lowest BCUT2D eigenvalue weighted by molar-refractivity contribution is -0.136. The lowest BCUT2D eigenvalue weighted by Crippen LogP contribution is -2.31. The van der Waals surface area contributed by atoms with Gasteiger partial charge in [-0.15, -0.1) is 0 Å². The van der Waals surface area contributed by atoms with E-state index in [1.54, 1.807) is 12.1 Å². The van der Waals surface area contributed by atoms with Crippen molar-refractivity contribution in [2.75, 3.05) is 32.1 Å². The number of aliphatic hydroxyl groups is 1. The first-order valence-corrected chi connectivity index (χ1v) is 7.24. The van der Waals surface area contributed by atoms with Crippen molar-refractivity contribution in [2.24, 2.45) is 0 Å². The summed E-state index contributed by atoms with van der Waals surface area (Å²) in [4.78, 5) is 25.4. The highest BCUT2D eigenvalue weighted by Crippen LogP contribution is 2.30. The Hall–Kier alpha value is -2.06. The van der Waals surface area contributed by atoms with Crippen LogP contribution in [0.25, 0.3) is 0 Å². The number of anilines is 1. The Bertz CT molecular complexity index is 644. The van der Waals surface area contributed by atoms with Crippen LogP contribution >= 0.6 is 15.9 Å². The topological polar surface area (TPSA) is 99.1 Å². The van der Waals surface area contributed by atoms with E-state index in [1.807, 2.05) is 0 Å². The molecule has 0 radical (unpaired) electrons. The van der Waals surface area contributed by atoms with Gasteiger partial charge in [-0.1, -0.05) is 15.9 Å². The molecular formula is C14H15BrN2O5. The minimum Gasteiger partial charge on any atom is -0.506 e. The van der Waals surface area contributed by atoms with Gasteiger partial charge in [0.1, 0.15) is 11.4 Å². The zero-order valence-electron chi connectivity index (χ0n) is 11.8. The third-order valence-electron chi connectivity index (χ3n) is 3.17. The fourth-order valence-electron chi connectivity index (χ4n) is 2.09. The second-order valence-electron chi connectivity index (χ2n) is 4.58. The number of amides is 1. The van der Waals surface area contributed by atoms with Gasteiger partial charge in [-0.25, -0.2) is 4.79 Å². The first-order chi connectivity index (χ1) is 10.5. The van der Waals surface area contributed by atoms with E-state index in [2.05, 4.69) is 26.0 Å². The molecule has 0 unspecified atom stereocenters. The maximum atomic E-state index is 12.3. The number of β-amino-alcohol motifs (C(OH)–C–C–N with tert-alkyl or cyclic N) is 1. The van der Waals surface area contributed by atoms with Gasteiger partial charge in [0.15, 0.2) is 0 Å². The predicted molar refractivity (Wildman–Crippen MR) is 82.1 cm³/mol. The van der Waals surface area contributed by atoms with E-state index in [0.29, 0.717) is 10.2 Å². The number of phenols is 1. The first kappa shape index (κ1) is 16.3. The van der Waals surface area contributed by atoms with Crippen molar-refractivity contribution in [3.05, 3.63) is 33.9 Å². The molecule has 118 valence electrons. The van der Waals surface area contributed by atoms with Crippen molar-refractivity contribution in [3.8, 4) is 5.75 Å². The Labute approximate surface area is 135 Å². The molecule has 1 aromatic rings. The van der Waals surface area contributed by atoms with Gasteiger partial charge in [0.2, 0.25) is 0 Å². The van der Waals surface area contributed by atoms with Crippen molar-refractivity contribution >= 4 is 33.5 Å². The summed E-state index contributed by atoms with van der Waals surface area (Å²) in [7, 11) is 1.23. The van der Waals surface area contributed by atoms with Crippen LogP contribution in [0, 0.1) is 0 Å². The van der Waals surface area contributed by atoms with Gasteiger partial charge in [-0.05, 0) is 18.2 Å². The highest BCUT2D eigenvalue weighted by molar-refractivity contribution is 9.10. The molecule has 0 bridgehead atoms. The number of carbonyl (C=O) groups is 2. The Morgan fingerprint density at radius 1 is 1.50 bits per heavy atom. The zero-order chi connectivity index (χ0) is 16.3. The molecule has 1 aliphatic heterocycles. The number of nitrogens with one attached hydrogen (secondary N) is 1. The molecule has 7 nitrogen and oxygen atoms in total. The van der Waals surface area contributed by atoms with Crippen LogP contribution in [0.3, 0.4) is 0 Å². The number of ether oxygens (including phenoxy) is 1. The van der Waals surface area contributed by atoms with E-state index in [0.717, 1.165) is 0 Å². The summed E-state index contributed by atoms with van der Waals surface area (Å²) in [5, 5.41) is 21.7. The van der Waals surface area contributed by atoms with Gasteiger partial charge in [0, 0.05) is 11.0 Å². The highest BCUT2D eigenvalue weighted by atomic mass is 79.9. The molecule has 0 saturated heterocycles. The number of nitrogens with zero attached hydrogens (tertiary/aromatic N) is 1. The van der Waals surface area contributed by atoms with Crippen molar-refractivity contribution in [2.45, 2.75) is 0 Å². The Kier molecular flexibility index (Phi) is 5.04. The summed E-state index contributed by atoms with van der Waals surface area (Å²) in [5.74, 6) is -1.14. The van der Waals surface area contributed by atoms with E-state index in [1.165, 1.54) is 18.1 Å². The number of aliphatic hydroxyl groups excluding tert-OH is 1. The molecule has 0 atom stereocenters. The van der Waals surface area contributed by atoms with Crippen LogP contribution in [0.1, 0.15) is 0 Å². The van der Waals surface area contributed by atoms with E-state index in [9.17, 15) is 14.7 Å². The molecule has 1 aromatic carbocycles. The monoisotopic (exact) mass is 370 g/mol. The quantitative estimate of drug-likeness (QED) is 0.524. The number of hydrogen-bond donors (Lipinski definition) is 3. The van der Waals surface area contributed by atoms with Crippen molar-refractivity contribution in [1.29, 1.82) is 0 Å². The molecule has 2 rings (SSSR count). The second-order valence-corrected chi connectivity index (χ2v) is 5.50. The minimum atomic E-state index is -0.632. The molecule has 1 amide bonds. The predicted octanol–water partition coefficient (Wildman–Crippen LogP) is 0.828. The number of aromatic hydroxyl groups is 1. The average Bonchev–Trinajstić information content (AvgIpc) is 2.79. The van der Waals surface area contributed by atoms with E-state index >= 15 is 0 Å². The molecule has 0 aliphatic carbocycles. The largest absolute Gasteiger partial charge is 0.506 e.